The molecule has 0 saturated carbocycles. The van der Waals surface area contributed by atoms with Gasteiger partial charge in [-0.15, -0.1) is 0 Å². The molecule has 1 saturated heterocycles. The highest BCUT2D eigenvalue weighted by atomic mass is 28.4. The minimum Gasteiger partial charge on any atom is -0.481 e. The molecular weight excluding hydrogens is 346 g/mol. The van der Waals surface area contributed by atoms with Crippen LogP contribution in [0.5, 0.6) is 0 Å². The molecule has 25 heavy (non-hydrogen) atoms. The molecule has 1 heterocycles. The average Bonchev–Trinajstić information content (AvgIpc) is 2.70. The summed E-state index contributed by atoms with van der Waals surface area (Å²) in [6.07, 6.45) is -2.49. The molecule has 1 aliphatic heterocycles. The summed E-state index contributed by atoms with van der Waals surface area (Å²) >= 11 is 0. The Labute approximate surface area is 150 Å². The molecule has 0 bridgehead atoms. The molecule has 1 aliphatic rings. The molecule has 1 amide bonds. The molecule has 0 aromatic heterocycles. The van der Waals surface area contributed by atoms with Gasteiger partial charge in [-0.05, 0) is 32.0 Å². The number of carboxylic acid groups (broad SMARTS) is 1. The maximum absolute atomic E-state index is 11.8. The summed E-state index contributed by atoms with van der Waals surface area (Å²) in [5, 5.41) is 9.62. The standard InChI is InChI=1S/C16H31NO7Si/c1-15(2,3)25(6,7)22-8-10(13(18)19)12-11(9-21-14(17)20)23-16(4,5)24-12/h10-12H,8-9H2,1-7H3,(H2,17,20)(H,18,19)/t10-,11+,12+/m1/s1. The van der Waals surface area contributed by atoms with E-state index in [1.54, 1.807) is 13.8 Å². The van der Waals surface area contributed by atoms with Crippen molar-refractivity contribution in [2.24, 2.45) is 11.7 Å². The van der Waals surface area contributed by atoms with Gasteiger partial charge in [-0.2, -0.15) is 0 Å². The monoisotopic (exact) mass is 377 g/mol. The summed E-state index contributed by atoms with van der Waals surface area (Å²) in [5.41, 5.74) is 4.99. The van der Waals surface area contributed by atoms with Gasteiger partial charge in [0.25, 0.3) is 0 Å². The number of hydrogen-bond donors (Lipinski definition) is 2. The number of aliphatic carboxylic acids is 1. The largest absolute Gasteiger partial charge is 0.481 e. The minimum absolute atomic E-state index is 0.00298. The second-order valence-electron chi connectivity index (χ2n) is 8.28. The topological polar surface area (TPSA) is 117 Å². The van der Waals surface area contributed by atoms with Crippen molar-refractivity contribution in [3.05, 3.63) is 0 Å². The van der Waals surface area contributed by atoms with Gasteiger partial charge in [-0.1, -0.05) is 20.8 Å². The van der Waals surface area contributed by atoms with E-state index in [0.717, 1.165) is 0 Å². The number of primary amides is 1. The predicted molar refractivity (Wildman–Crippen MR) is 93.6 cm³/mol. The Hall–Kier alpha value is -1.16. The number of carbonyl (C=O) groups excluding carboxylic acids is 1. The number of nitrogens with two attached hydrogens (primary N) is 1. The molecule has 0 aliphatic carbocycles. The van der Waals surface area contributed by atoms with E-state index in [1.807, 2.05) is 0 Å². The Morgan fingerprint density at radius 3 is 2.28 bits per heavy atom. The summed E-state index contributed by atoms with van der Waals surface area (Å²) < 4.78 is 22.3. The van der Waals surface area contributed by atoms with E-state index >= 15 is 0 Å². The lowest BCUT2D eigenvalue weighted by Crippen LogP contribution is -2.47. The Bertz CT molecular complexity index is 501. The maximum Gasteiger partial charge on any atom is 0.404 e. The van der Waals surface area contributed by atoms with Gasteiger partial charge in [0.15, 0.2) is 14.1 Å². The normalized spacial score (nSPS) is 24.8. The van der Waals surface area contributed by atoms with Crippen molar-refractivity contribution in [1.82, 2.24) is 0 Å². The van der Waals surface area contributed by atoms with E-state index in [4.69, 9.17) is 24.4 Å². The first-order chi connectivity index (χ1) is 11.2. The molecule has 9 heteroatoms. The second kappa shape index (κ2) is 7.61. The number of hydrogen-bond acceptors (Lipinski definition) is 6. The van der Waals surface area contributed by atoms with Crippen molar-refractivity contribution in [2.75, 3.05) is 13.2 Å². The SMILES string of the molecule is CC1(C)O[C@@H]([C@@H](CO[Si](C)(C)C(C)(C)C)C(=O)O)[C@H](COC(N)=O)O1. The van der Waals surface area contributed by atoms with Crippen molar-refractivity contribution < 1.29 is 33.3 Å². The van der Waals surface area contributed by atoms with Gasteiger partial charge in [-0.25, -0.2) is 4.79 Å². The highest BCUT2D eigenvalue weighted by molar-refractivity contribution is 6.74. The first-order valence-corrected chi connectivity index (χ1v) is 11.2. The van der Waals surface area contributed by atoms with E-state index in [0.29, 0.717) is 0 Å². The Morgan fingerprint density at radius 1 is 1.28 bits per heavy atom. The van der Waals surface area contributed by atoms with Crippen molar-refractivity contribution in [1.29, 1.82) is 0 Å². The number of carboxylic acids is 1. The third-order valence-corrected chi connectivity index (χ3v) is 9.26. The first-order valence-electron chi connectivity index (χ1n) is 8.31. The molecule has 1 fully saturated rings. The van der Waals surface area contributed by atoms with Gasteiger partial charge >= 0.3 is 12.1 Å². The lowest BCUT2D eigenvalue weighted by atomic mass is 9.99. The summed E-state index contributed by atoms with van der Waals surface area (Å²) in [6, 6.07) is 0. The van der Waals surface area contributed by atoms with Crippen LogP contribution in [-0.2, 0) is 23.4 Å². The van der Waals surface area contributed by atoms with E-state index in [-0.39, 0.29) is 18.3 Å². The van der Waals surface area contributed by atoms with Crippen LogP contribution in [-0.4, -0.2) is 56.7 Å². The van der Waals surface area contributed by atoms with Gasteiger partial charge in [-0.3, -0.25) is 4.79 Å². The molecule has 0 radical (unpaired) electrons. The van der Waals surface area contributed by atoms with Crippen LogP contribution in [0.15, 0.2) is 0 Å². The molecule has 0 aromatic carbocycles. The van der Waals surface area contributed by atoms with Crippen LogP contribution in [0.3, 0.4) is 0 Å². The summed E-state index contributed by atoms with van der Waals surface area (Å²) in [5.74, 6) is -2.98. The summed E-state index contributed by atoms with van der Waals surface area (Å²) in [4.78, 5) is 22.7. The lowest BCUT2D eigenvalue weighted by Gasteiger charge is -2.37. The van der Waals surface area contributed by atoms with Crippen LogP contribution in [0.2, 0.25) is 18.1 Å². The zero-order valence-corrected chi connectivity index (χ0v) is 17.1. The molecule has 0 aromatic rings. The maximum atomic E-state index is 11.8. The summed E-state index contributed by atoms with van der Waals surface area (Å²) in [6.45, 7) is 13.5. The smallest absolute Gasteiger partial charge is 0.404 e. The molecule has 3 atom stereocenters. The zero-order chi connectivity index (χ0) is 19.6. The van der Waals surface area contributed by atoms with Crippen LogP contribution < -0.4 is 5.73 Å². The Balaban J connectivity index is 2.91. The molecule has 1 rings (SSSR count). The number of carbonyl (C=O) groups is 2. The van der Waals surface area contributed by atoms with Crippen molar-refractivity contribution in [3.63, 3.8) is 0 Å². The fraction of sp³-hybridized carbons (Fsp3) is 0.875. The average molecular weight is 378 g/mol. The minimum atomic E-state index is -2.12. The van der Waals surface area contributed by atoms with Crippen molar-refractivity contribution in [2.45, 2.75) is 70.7 Å². The number of rotatable bonds is 7. The third-order valence-electron chi connectivity index (χ3n) is 4.76. The van der Waals surface area contributed by atoms with Crippen molar-refractivity contribution in [3.8, 4) is 0 Å². The zero-order valence-electron chi connectivity index (χ0n) is 16.1. The van der Waals surface area contributed by atoms with Crippen molar-refractivity contribution >= 4 is 20.4 Å². The fourth-order valence-corrected chi connectivity index (χ4v) is 3.35. The first kappa shape index (κ1) is 21.9. The second-order valence-corrected chi connectivity index (χ2v) is 13.1. The molecule has 0 unspecified atom stereocenters. The molecule has 3 N–H and O–H groups in total. The molecule has 8 nitrogen and oxygen atoms in total. The van der Waals surface area contributed by atoms with Crippen LogP contribution in [0.25, 0.3) is 0 Å². The predicted octanol–water partition coefficient (Wildman–Crippen LogP) is 2.32. The summed E-state index contributed by atoms with van der Waals surface area (Å²) in [7, 11) is -2.12. The number of ether oxygens (including phenoxy) is 3. The quantitative estimate of drug-likeness (QED) is 0.654. The fourth-order valence-electron chi connectivity index (χ4n) is 2.32. The van der Waals surface area contributed by atoms with Crippen LogP contribution in [0.1, 0.15) is 34.6 Å². The molecular formula is C16H31NO7Si. The lowest BCUT2D eigenvalue weighted by molar-refractivity contribution is -0.163. The molecule has 146 valence electrons. The highest BCUT2D eigenvalue weighted by Gasteiger charge is 2.49. The van der Waals surface area contributed by atoms with E-state index in [1.165, 1.54) is 0 Å². The van der Waals surface area contributed by atoms with E-state index in [9.17, 15) is 14.7 Å². The van der Waals surface area contributed by atoms with Crippen LogP contribution in [0, 0.1) is 5.92 Å². The van der Waals surface area contributed by atoms with Gasteiger partial charge in [0, 0.05) is 6.61 Å². The van der Waals surface area contributed by atoms with Gasteiger partial charge in [0.2, 0.25) is 0 Å². The third kappa shape index (κ3) is 5.95. The molecule has 0 spiro atoms. The van der Waals surface area contributed by atoms with Crippen LogP contribution in [0.4, 0.5) is 4.79 Å². The van der Waals surface area contributed by atoms with E-state index < -0.39 is 44.3 Å². The van der Waals surface area contributed by atoms with Crippen LogP contribution >= 0.6 is 0 Å². The van der Waals surface area contributed by atoms with Gasteiger partial charge < -0.3 is 29.5 Å². The van der Waals surface area contributed by atoms with Gasteiger partial charge in [0.05, 0.1) is 0 Å². The Morgan fingerprint density at radius 2 is 1.84 bits per heavy atom. The highest BCUT2D eigenvalue weighted by Crippen LogP contribution is 2.38. The van der Waals surface area contributed by atoms with E-state index in [2.05, 4.69) is 33.9 Å². The van der Waals surface area contributed by atoms with Gasteiger partial charge in [0.1, 0.15) is 24.7 Å². The Kier molecular flexibility index (Phi) is 6.66. The number of amides is 1.